The summed E-state index contributed by atoms with van der Waals surface area (Å²) in [5, 5.41) is 10.2. The average Bonchev–Trinajstić information content (AvgIpc) is 2.95. The van der Waals surface area contributed by atoms with Crippen molar-refractivity contribution in [1.29, 1.82) is 0 Å². The standard InChI is InChI=1S/C18H18F2N2O3/c1-25-17-14(19)7-11(8-15(17)20)18(24)22-9-12(16(23)10-22)6-13-4-2-3-5-21-13/h2-5,7-8,12,16,23H,6,9-10H2,1H3/t12-,16-/m1/s1. The molecule has 1 aliphatic rings. The maximum Gasteiger partial charge on any atom is 0.254 e. The second-order valence-corrected chi connectivity index (χ2v) is 6.04. The molecule has 0 saturated carbocycles. The molecule has 0 radical (unpaired) electrons. The molecule has 1 amide bonds. The van der Waals surface area contributed by atoms with E-state index in [9.17, 15) is 18.7 Å². The van der Waals surface area contributed by atoms with Crippen LogP contribution in [0.4, 0.5) is 8.78 Å². The summed E-state index contributed by atoms with van der Waals surface area (Å²) in [7, 11) is 1.15. The third kappa shape index (κ3) is 3.61. The van der Waals surface area contributed by atoms with Gasteiger partial charge in [0.2, 0.25) is 0 Å². The summed E-state index contributed by atoms with van der Waals surface area (Å²) >= 11 is 0. The topological polar surface area (TPSA) is 62.7 Å². The Morgan fingerprint density at radius 1 is 1.32 bits per heavy atom. The molecule has 1 aromatic carbocycles. The minimum Gasteiger partial charge on any atom is -0.491 e. The van der Waals surface area contributed by atoms with Crippen LogP contribution < -0.4 is 4.74 Å². The van der Waals surface area contributed by atoms with Gasteiger partial charge >= 0.3 is 0 Å². The summed E-state index contributed by atoms with van der Waals surface area (Å²) in [6.07, 6.45) is 1.48. The fraction of sp³-hybridized carbons (Fsp3) is 0.333. The van der Waals surface area contributed by atoms with Crippen LogP contribution in [0.3, 0.4) is 0 Å². The number of halogens is 2. The van der Waals surface area contributed by atoms with E-state index in [-0.39, 0.29) is 18.0 Å². The molecule has 1 aliphatic heterocycles. The molecule has 5 nitrogen and oxygen atoms in total. The number of nitrogens with zero attached hydrogens (tertiary/aromatic N) is 2. The Balaban J connectivity index is 1.73. The van der Waals surface area contributed by atoms with E-state index in [0.29, 0.717) is 13.0 Å². The second-order valence-electron chi connectivity index (χ2n) is 6.04. The van der Waals surface area contributed by atoms with Gasteiger partial charge in [0.1, 0.15) is 0 Å². The minimum absolute atomic E-state index is 0.110. The molecule has 0 aliphatic carbocycles. The zero-order valence-electron chi connectivity index (χ0n) is 13.7. The van der Waals surface area contributed by atoms with Gasteiger partial charge in [-0.05, 0) is 30.7 Å². The van der Waals surface area contributed by atoms with Crippen LogP contribution in [0, 0.1) is 17.6 Å². The number of hydrogen-bond donors (Lipinski definition) is 1. The SMILES string of the molecule is COc1c(F)cc(C(=O)N2C[C@@H](Cc3ccccn3)[C@H](O)C2)cc1F. The van der Waals surface area contributed by atoms with Crippen molar-refractivity contribution in [3.05, 3.63) is 59.4 Å². The molecule has 1 fully saturated rings. The highest BCUT2D eigenvalue weighted by molar-refractivity contribution is 5.94. The van der Waals surface area contributed by atoms with E-state index in [1.807, 2.05) is 12.1 Å². The monoisotopic (exact) mass is 348 g/mol. The Hall–Kier alpha value is -2.54. The summed E-state index contributed by atoms with van der Waals surface area (Å²) in [6, 6.07) is 7.41. The van der Waals surface area contributed by atoms with Crippen LogP contribution in [0.15, 0.2) is 36.5 Å². The molecule has 2 atom stereocenters. The normalized spacial score (nSPS) is 19.9. The molecule has 132 valence electrons. The predicted octanol–water partition coefficient (Wildman–Crippen LogP) is 2.04. The number of aliphatic hydroxyl groups excluding tert-OH is 1. The van der Waals surface area contributed by atoms with Gasteiger partial charge in [-0.1, -0.05) is 6.07 Å². The molecular weight excluding hydrogens is 330 g/mol. The maximum atomic E-state index is 13.8. The van der Waals surface area contributed by atoms with Crippen molar-refractivity contribution in [2.24, 2.45) is 5.92 Å². The third-order valence-electron chi connectivity index (χ3n) is 4.34. The first kappa shape index (κ1) is 17.3. The van der Waals surface area contributed by atoms with E-state index in [0.717, 1.165) is 24.9 Å². The lowest BCUT2D eigenvalue weighted by Crippen LogP contribution is -2.29. The van der Waals surface area contributed by atoms with Crippen LogP contribution >= 0.6 is 0 Å². The van der Waals surface area contributed by atoms with E-state index < -0.39 is 29.4 Å². The second kappa shape index (κ2) is 7.14. The van der Waals surface area contributed by atoms with Crippen molar-refractivity contribution >= 4 is 5.91 Å². The van der Waals surface area contributed by atoms with Crippen molar-refractivity contribution in [3.8, 4) is 5.75 Å². The number of benzene rings is 1. The van der Waals surface area contributed by atoms with Gasteiger partial charge < -0.3 is 14.7 Å². The largest absolute Gasteiger partial charge is 0.491 e. The Morgan fingerprint density at radius 3 is 2.64 bits per heavy atom. The van der Waals surface area contributed by atoms with E-state index in [2.05, 4.69) is 9.72 Å². The number of carbonyl (C=O) groups excluding carboxylic acids is 1. The van der Waals surface area contributed by atoms with Crippen molar-refractivity contribution in [2.75, 3.05) is 20.2 Å². The van der Waals surface area contributed by atoms with Crippen LogP contribution in [0.5, 0.6) is 5.75 Å². The lowest BCUT2D eigenvalue weighted by atomic mass is 10.00. The molecule has 1 aromatic heterocycles. The number of ether oxygens (including phenoxy) is 1. The van der Waals surface area contributed by atoms with Crippen molar-refractivity contribution in [3.63, 3.8) is 0 Å². The first-order valence-corrected chi connectivity index (χ1v) is 7.90. The summed E-state index contributed by atoms with van der Waals surface area (Å²) in [5.74, 6) is -3.09. The predicted molar refractivity (Wildman–Crippen MR) is 86.3 cm³/mol. The Morgan fingerprint density at radius 2 is 2.04 bits per heavy atom. The fourth-order valence-corrected chi connectivity index (χ4v) is 3.07. The number of likely N-dealkylation sites (tertiary alicyclic amines) is 1. The van der Waals surface area contributed by atoms with Crippen molar-refractivity contribution in [1.82, 2.24) is 9.88 Å². The molecule has 2 heterocycles. The molecular formula is C18H18F2N2O3. The molecule has 7 heteroatoms. The number of β-amino-alcohol motifs (C(OH)–C–C–N with tert-alkyl or cyclic N) is 1. The fourth-order valence-electron chi connectivity index (χ4n) is 3.07. The number of rotatable bonds is 4. The number of aromatic nitrogens is 1. The number of carbonyl (C=O) groups is 1. The van der Waals surface area contributed by atoms with Gasteiger partial charge in [-0.2, -0.15) is 0 Å². The molecule has 0 bridgehead atoms. The quantitative estimate of drug-likeness (QED) is 0.919. The first-order chi connectivity index (χ1) is 12.0. The van der Waals surface area contributed by atoms with E-state index in [4.69, 9.17) is 0 Å². The summed E-state index contributed by atoms with van der Waals surface area (Å²) in [6.45, 7) is 0.414. The summed E-state index contributed by atoms with van der Waals surface area (Å²) < 4.78 is 32.2. The van der Waals surface area contributed by atoms with Gasteiger partial charge in [0, 0.05) is 36.5 Å². The molecule has 1 N–H and O–H groups in total. The average molecular weight is 348 g/mol. The van der Waals surface area contributed by atoms with Crippen LogP contribution in [0.25, 0.3) is 0 Å². The third-order valence-corrected chi connectivity index (χ3v) is 4.34. The van der Waals surface area contributed by atoms with Crippen LogP contribution in [0.2, 0.25) is 0 Å². The lowest BCUT2D eigenvalue weighted by molar-refractivity contribution is 0.0763. The van der Waals surface area contributed by atoms with E-state index >= 15 is 0 Å². The van der Waals surface area contributed by atoms with Gasteiger partial charge in [-0.3, -0.25) is 9.78 Å². The van der Waals surface area contributed by atoms with Gasteiger partial charge in [-0.25, -0.2) is 8.78 Å². The zero-order valence-corrected chi connectivity index (χ0v) is 13.7. The Kier molecular flexibility index (Phi) is 4.94. The number of aliphatic hydroxyl groups is 1. The summed E-state index contributed by atoms with van der Waals surface area (Å²) in [5.41, 5.74) is 0.712. The highest BCUT2D eigenvalue weighted by atomic mass is 19.1. The molecule has 2 aromatic rings. The Labute approximate surface area is 143 Å². The van der Waals surface area contributed by atoms with Crippen molar-refractivity contribution in [2.45, 2.75) is 12.5 Å². The van der Waals surface area contributed by atoms with Gasteiger partial charge in [0.25, 0.3) is 5.91 Å². The number of hydrogen-bond acceptors (Lipinski definition) is 4. The van der Waals surface area contributed by atoms with Gasteiger partial charge in [0.05, 0.1) is 13.2 Å². The molecule has 25 heavy (non-hydrogen) atoms. The van der Waals surface area contributed by atoms with Gasteiger partial charge in [-0.15, -0.1) is 0 Å². The Bertz CT molecular complexity index is 747. The first-order valence-electron chi connectivity index (χ1n) is 7.90. The zero-order chi connectivity index (χ0) is 18.0. The highest BCUT2D eigenvalue weighted by Crippen LogP contribution is 2.26. The molecule has 0 spiro atoms. The number of pyridine rings is 1. The van der Waals surface area contributed by atoms with E-state index in [1.54, 1.807) is 12.3 Å². The summed E-state index contributed by atoms with van der Waals surface area (Å²) in [4.78, 5) is 18.1. The van der Waals surface area contributed by atoms with Crippen LogP contribution in [-0.2, 0) is 6.42 Å². The number of methoxy groups -OCH3 is 1. The van der Waals surface area contributed by atoms with Crippen LogP contribution in [-0.4, -0.2) is 47.2 Å². The highest BCUT2D eigenvalue weighted by Gasteiger charge is 2.35. The molecule has 1 saturated heterocycles. The van der Waals surface area contributed by atoms with Crippen molar-refractivity contribution < 1.29 is 23.4 Å². The van der Waals surface area contributed by atoms with Crippen LogP contribution in [0.1, 0.15) is 16.1 Å². The van der Waals surface area contributed by atoms with Gasteiger partial charge in [0.15, 0.2) is 17.4 Å². The minimum atomic E-state index is -0.935. The van der Waals surface area contributed by atoms with E-state index in [1.165, 1.54) is 4.90 Å². The lowest BCUT2D eigenvalue weighted by Gasteiger charge is -2.17. The smallest absolute Gasteiger partial charge is 0.254 e. The molecule has 3 rings (SSSR count). The maximum absolute atomic E-state index is 13.8. The molecule has 0 unspecified atom stereocenters. The number of amides is 1.